The molecule has 1 unspecified atom stereocenters. The molecule has 10 nitrogen and oxygen atoms in total. The summed E-state index contributed by atoms with van der Waals surface area (Å²) < 4.78 is 15.3. The first-order valence-electron chi connectivity index (χ1n) is 10.3. The maximum absolute atomic E-state index is 13.6. The second kappa shape index (κ2) is 8.57. The van der Waals surface area contributed by atoms with Crippen LogP contribution in [0.3, 0.4) is 0 Å². The highest BCUT2D eigenvalue weighted by Gasteiger charge is 2.37. The van der Waals surface area contributed by atoms with Crippen LogP contribution in [0.25, 0.3) is 0 Å². The van der Waals surface area contributed by atoms with Crippen molar-refractivity contribution in [3.8, 4) is 6.07 Å². The summed E-state index contributed by atoms with van der Waals surface area (Å²) in [7, 11) is 1.66. The quantitative estimate of drug-likeness (QED) is 0.738. The molecule has 0 saturated heterocycles. The number of halogens is 1. The van der Waals surface area contributed by atoms with Crippen molar-refractivity contribution in [2.24, 2.45) is 0 Å². The Morgan fingerprint density at radius 2 is 2.19 bits per heavy atom. The molecule has 0 spiro atoms. The summed E-state index contributed by atoms with van der Waals surface area (Å²) in [6.45, 7) is 3.38. The SMILES string of the molecule is CC1Cc2nn3c(c2CN1C(=O)Nc1ccc(F)c(C#N)c1)C(=O)N(C)N(CCO)CC3. The van der Waals surface area contributed by atoms with E-state index in [9.17, 15) is 19.1 Å². The van der Waals surface area contributed by atoms with Gasteiger partial charge in [-0.15, -0.1) is 0 Å². The topological polar surface area (TPSA) is 118 Å². The van der Waals surface area contributed by atoms with Crippen molar-refractivity contribution >= 4 is 17.6 Å². The monoisotopic (exact) mass is 441 g/mol. The van der Waals surface area contributed by atoms with Crippen LogP contribution in [0.2, 0.25) is 0 Å². The van der Waals surface area contributed by atoms with E-state index in [1.165, 1.54) is 17.1 Å². The Bertz CT molecular complexity index is 1110. The molecule has 4 rings (SSSR count). The van der Waals surface area contributed by atoms with E-state index in [0.717, 1.165) is 11.8 Å². The first-order valence-corrected chi connectivity index (χ1v) is 10.3. The van der Waals surface area contributed by atoms with Crippen molar-refractivity contribution in [2.45, 2.75) is 32.5 Å². The summed E-state index contributed by atoms with van der Waals surface area (Å²) in [5, 5.41) is 28.9. The molecule has 0 bridgehead atoms. The zero-order chi connectivity index (χ0) is 23.0. The minimum absolute atomic E-state index is 0.0690. The number of amides is 3. The molecule has 3 amide bonds. The lowest BCUT2D eigenvalue weighted by molar-refractivity contribution is -0.000216. The molecular weight excluding hydrogens is 417 g/mol. The molecular formula is C21H24FN7O3. The van der Waals surface area contributed by atoms with Crippen LogP contribution in [0, 0.1) is 17.1 Å². The fourth-order valence-electron chi connectivity index (χ4n) is 4.17. The molecule has 168 valence electrons. The summed E-state index contributed by atoms with van der Waals surface area (Å²) in [4.78, 5) is 27.8. The Morgan fingerprint density at radius 1 is 1.41 bits per heavy atom. The Balaban J connectivity index is 1.59. The number of hydrogen-bond donors (Lipinski definition) is 2. The summed E-state index contributed by atoms with van der Waals surface area (Å²) in [6, 6.07) is 5.00. The number of carbonyl (C=O) groups is 2. The first-order chi connectivity index (χ1) is 15.3. The lowest BCUT2D eigenvalue weighted by Gasteiger charge is -2.34. The largest absolute Gasteiger partial charge is 0.395 e. The van der Waals surface area contributed by atoms with Gasteiger partial charge in [0.25, 0.3) is 5.91 Å². The molecule has 2 aromatic rings. The van der Waals surface area contributed by atoms with Crippen LogP contribution in [-0.2, 0) is 19.5 Å². The Kier molecular flexibility index (Phi) is 5.82. The van der Waals surface area contributed by atoms with Crippen LogP contribution in [0.4, 0.5) is 14.9 Å². The molecule has 2 aliphatic rings. The average Bonchev–Trinajstić information content (AvgIpc) is 3.07. The van der Waals surface area contributed by atoms with Crippen molar-refractivity contribution in [3.05, 3.63) is 46.5 Å². The van der Waals surface area contributed by atoms with Crippen molar-refractivity contribution in [3.63, 3.8) is 0 Å². The summed E-state index contributed by atoms with van der Waals surface area (Å²) in [5.74, 6) is -0.890. The highest BCUT2D eigenvalue weighted by molar-refractivity contribution is 5.95. The van der Waals surface area contributed by atoms with Gasteiger partial charge in [-0.05, 0) is 25.1 Å². The molecule has 1 atom stereocenters. The van der Waals surface area contributed by atoms with Crippen LogP contribution in [0.15, 0.2) is 18.2 Å². The number of fused-ring (bicyclic) bond motifs is 3. The number of urea groups is 1. The van der Waals surface area contributed by atoms with Crippen LogP contribution in [0.1, 0.15) is 34.2 Å². The van der Waals surface area contributed by atoms with Gasteiger partial charge in [0.05, 0.1) is 31.0 Å². The van der Waals surface area contributed by atoms with Gasteiger partial charge in [-0.25, -0.2) is 14.2 Å². The third-order valence-electron chi connectivity index (χ3n) is 5.93. The molecule has 1 aromatic carbocycles. The molecule has 32 heavy (non-hydrogen) atoms. The van der Waals surface area contributed by atoms with Gasteiger partial charge in [-0.3, -0.25) is 14.5 Å². The number of aromatic nitrogens is 2. The Labute approximate surface area is 184 Å². The summed E-state index contributed by atoms with van der Waals surface area (Å²) in [6.07, 6.45) is 0.493. The smallest absolute Gasteiger partial charge is 0.322 e. The molecule has 0 radical (unpaired) electrons. The lowest BCUT2D eigenvalue weighted by atomic mass is 9.99. The Morgan fingerprint density at radius 3 is 2.91 bits per heavy atom. The Hall–Kier alpha value is -3.49. The number of nitrogens with zero attached hydrogens (tertiary/aromatic N) is 6. The summed E-state index contributed by atoms with van der Waals surface area (Å²) >= 11 is 0. The van der Waals surface area contributed by atoms with Crippen LogP contribution < -0.4 is 5.32 Å². The maximum Gasteiger partial charge on any atom is 0.322 e. The second-order valence-corrected chi connectivity index (χ2v) is 7.92. The number of hydrogen-bond acceptors (Lipinski definition) is 6. The number of β-amino-alcohol motifs (C(OH)–C–C–N with tert-alkyl or cyclic N) is 1. The van der Waals surface area contributed by atoms with Crippen molar-refractivity contribution in [1.82, 2.24) is 24.7 Å². The van der Waals surface area contributed by atoms with E-state index in [1.807, 2.05) is 6.92 Å². The molecule has 1 aromatic heterocycles. The van der Waals surface area contributed by atoms with E-state index < -0.39 is 11.8 Å². The van der Waals surface area contributed by atoms with Crippen LogP contribution >= 0.6 is 0 Å². The van der Waals surface area contributed by atoms with Crippen LogP contribution in [0.5, 0.6) is 0 Å². The second-order valence-electron chi connectivity index (χ2n) is 7.92. The number of nitrogens with one attached hydrogen (secondary N) is 1. The number of benzene rings is 1. The number of aliphatic hydroxyl groups is 1. The standard InChI is InChI=1S/C21H24FN7O3/c1-13-9-18-16(19-20(31)26(2)27(7-8-30)5-6-29(19)25-18)12-28(13)21(32)24-15-3-4-17(22)14(10-15)11-23/h3-4,10,13,30H,5-9,12H2,1-2H3,(H,24,32). The highest BCUT2D eigenvalue weighted by Crippen LogP contribution is 2.29. The molecule has 0 aliphatic carbocycles. The van der Waals surface area contributed by atoms with Crippen molar-refractivity contribution in [2.75, 3.05) is 32.1 Å². The zero-order valence-corrected chi connectivity index (χ0v) is 17.9. The van der Waals surface area contributed by atoms with E-state index >= 15 is 0 Å². The van der Waals surface area contributed by atoms with Gasteiger partial charge in [-0.2, -0.15) is 10.4 Å². The number of aliphatic hydroxyl groups excluding tert-OH is 1. The van der Waals surface area contributed by atoms with Gasteiger partial charge in [0.15, 0.2) is 0 Å². The minimum Gasteiger partial charge on any atom is -0.395 e. The predicted molar refractivity (Wildman–Crippen MR) is 112 cm³/mol. The number of nitriles is 1. The molecule has 11 heteroatoms. The van der Waals surface area contributed by atoms with E-state index in [-0.39, 0.29) is 30.7 Å². The maximum atomic E-state index is 13.6. The van der Waals surface area contributed by atoms with Crippen LogP contribution in [-0.4, -0.2) is 74.5 Å². The van der Waals surface area contributed by atoms with E-state index in [2.05, 4.69) is 10.4 Å². The fourth-order valence-corrected chi connectivity index (χ4v) is 4.17. The number of rotatable bonds is 3. The number of carbonyl (C=O) groups excluding carboxylic acids is 2. The van der Waals surface area contributed by atoms with E-state index in [4.69, 9.17) is 5.26 Å². The zero-order valence-electron chi connectivity index (χ0n) is 17.9. The molecule has 0 saturated carbocycles. The predicted octanol–water partition coefficient (Wildman–Crippen LogP) is 1.17. The molecule has 2 aliphatic heterocycles. The fraction of sp³-hybridized carbons (Fsp3) is 0.429. The van der Waals surface area contributed by atoms with Gasteiger partial charge in [0.1, 0.15) is 17.6 Å². The average molecular weight is 441 g/mol. The molecule has 2 N–H and O–H groups in total. The number of anilines is 1. The first kappa shape index (κ1) is 21.7. The van der Waals surface area contributed by atoms with E-state index in [0.29, 0.717) is 43.0 Å². The third-order valence-corrected chi connectivity index (χ3v) is 5.93. The lowest BCUT2D eigenvalue weighted by Crippen LogP contribution is -2.46. The number of hydrazine groups is 1. The third kappa shape index (κ3) is 3.79. The van der Waals surface area contributed by atoms with Gasteiger partial charge < -0.3 is 15.3 Å². The van der Waals surface area contributed by atoms with Gasteiger partial charge in [-0.1, -0.05) is 0 Å². The highest BCUT2D eigenvalue weighted by atomic mass is 19.1. The normalized spacial score (nSPS) is 18.6. The molecule has 3 heterocycles. The van der Waals surface area contributed by atoms with Gasteiger partial charge in [0.2, 0.25) is 0 Å². The van der Waals surface area contributed by atoms with Crippen molar-refractivity contribution in [1.29, 1.82) is 5.26 Å². The van der Waals surface area contributed by atoms with E-state index in [1.54, 1.807) is 27.7 Å². The minimum atomic E-state index is -0.651. The molecule has 0 fully saturated rings. The van der Waals surface area contributed by atoms with Gasteiger partial charge >= 0.3 is 6.03 Å². The van der Waals surface area contributed by atoms with Gasteiger partial charge in [0, 0.05) is 43.9 Å². The summed E-state index contributed by atoms with van der Waals surface area (Å²) in [5.41, 5.74) is 2.11. The van der Waals surface area contributed by atoms with Crippen molar-refractivity contribution < 1.29 is 19.1 Å².